The lowest BCUT2D eigenvalue weighted by Gasteiger charge is -2.27. The Balaban J connectivity index is 0.000000104. The average molecular weight is 1860 g/mol. The second-order valence-electron chi connectivity index (χ2n) is 39.1. The zero-order valence-electron chi connectivity index (χ0n) is 78.7. The quantitative estimate of drug-likeness (QED) is 0.126. The van der Waals surface area contributed by atoms with Crippen LogP contribution in [-0.2, 0) is 10.8 Å². The Kier molecular flexibility index (Phi) is 19.3. The number of fused-ring (bicyclic) bond motifs is 35. The number of benzene rings is 25. The van der Waals surface area contributed by atoms with Gasteiger partial charge in [0.25, 0.3) is 0 Å². The largest absolute Gasteiger partial charge is 0.310 e. The van der Waals surface area contributed by atoms with Gasteiger partial charge in [0.2, 0.25) is 0 Å². The number of anilines is 9. The molecule has 0 N–H and O–H groups in total. The van der Waals surface area contributed by atoms with Crippen LogP contribution in [0.15, 0.2) is 479 Å². The fourth-order valence-electron chi connectivity index (χ4n) is 24.2. The molecule has 0 aliphatic heterocycles. The summed E-state index contributed by atoms with van der Waals surface area (Å²) in [4.78, 5) is 7.25. The molecule has 142 heavy (non-hydrogen) atoms. The van der Waals surface area contributed by atoms with Gasteiger partial charge in [0.05, 0.1) is 11.4 Å². The molecule has 668 valence electrons. The highest BCUT2D eigenvalue weighted by Crippen LogP contribution is 2.59. The van der Waals surface area contributed by atoms with Gasteiger partial charge in [0.15, 0.2) is 0 Å². The standard InChI is InChI=1S/C49H35N.C45H31NS.C42H25NS2/c1-49(2)45-19-11-10-18-43(45)47-44-28-23-36-31-39(27-29-40(36)46(44)41-16-8-9-17-42(41)48(47)49)50(38-26-22-33-14-6-7-15-35(33)30-38)37-24-20-34(21-25-37)32-12-4-3-5-13-32;1-45(2)38-15-8-6-13-33(38)35-26-25-34-36(44(35)45)23-21-28-19-20-29-27-31(22-24-32(29)42(28)34)46(30-11-4-3-5-12-30)39-16-10-18-41-43(39)37-14-7-9-17-40(37)47-41;1-2-9-28(10-3-1)43(36-13-8-16-39-41(36)35-12-5-7-15-38(35)44-39)29-20-22-30-27(25-29)18-17-26-19-21-34-32(40(26)30)23-24-33-31-11-4-6-14-37(31)45-42(33)34/h3-31H,1-2H3;3-27H,1-2H3;1-25H. The van der Waals surface area contributed by atoms with E-state index >= 15 is 0 Å². The predicted molar refractivity (Wildman–Crippen MR) is 618 cm³/mol. The molecule has 0 radical (unpaired) electrons. The zero-order valence-corrected chi connectivity index (χ0v) is 81.1. The van der Waals surface area contributed by atoms with Crippen LogP contribution in [-0.4, -0.2) is 0 Å². The topological polar surface area (TPSA) is 9.72 Å². The summed E-state index contributed by atoms with van der Waals surface area (Å²) in [5.74, 6) is 0. The number of hydrogen-bond donors (Lipinski definition) is 0. The predicted octanol–water partition coefficient (Wildman–Crippen LogP) is 40.4. The Morgan fingerprint density at radius 1 is 0.176 bits per heavy atom. The molecular formula is C136H91N3S3. The van der Waals surface area contributed by atoms with Crippen molar-refractivity contribution in [3.05, 3.63) is 501 Å². The van der Waals surface area contributed by atoms with Crippen molar-refractivity contribution in [2.45, 2.75) is 38.5 Å². The van der Waals surface area contributed by atoms with Gasteiger partial charge in [-0.2, -0.15) is 0 Å². The van der Waals surface area contributed by atoms with Gasteiger partial charge in [-0.25, -0.2) is 0 Å². The van der Waals surface area contributed by atoms with Crippen LogP contribution in [0.3, 0.4) is 0 Å². The number of nitrogens with zero attached hydrogens (tertiary/aromatic N) is 3. The van der Waals surface area contributed by atoms with E-state index in [0.29, 0.717) is 0 Å². The molecule has 3 nitrogen and oxygen atoms in total. The molecule has 3 aromatic heterocycles. The summed E-state index contributed by atoms with van der Waals surface area (Å²) in [6, 6.07) is 177. The number of para-hydroxylation sites is 2. The maximum atomic E-state index is 2.43. The van der Waals surface area contributed by atoms with Gasteiger partial charge in [-0.1, -0.05) is 380 Å². The van der Waals surface area contributed by atoms with Gasteiger partial charge >= 0.3 is 0 Å². The number of hydrogen-bond acceptors (Lipinski definition) is 6. The normalized spacial score (nSPS) is 12.9. The van der Waals surface area contributed by atoms with Crippen molar-refractivity contribution in [1.82, 2.24) is 0 Å². The second kappa shape index (κ2) is 32.9. The smallest absolute Gasteiger partial charge is 0.0554 e. The lowest BCUT2D eigenvalue weighted by molar-refractivity contribution is 0.666. The molecule has 6 heteroatoms. The summed E-state index contributed by atoms with van der Waals surface area (Å²) in [6.07, 6.45) is 0. The Morgan fingerprint density at radius 2 is 0.528 bits per heavy atom. The molecule has 2 aliphatic rings. The van der Waals surface area contributed by atoms with Gasteiger partial charge in [0, 0.05) is 117 Å². The molecule has 0 atom stereocenters. The fourth-order valence-corrected chi connectivity index (χ4v) is 27.7. The van der Waals surface area contributed by atoms with Crippen LogP contribution in [0.25, 0.3) is 202 Å². The van der Waals surface area contributed by atoms with Gasteiger partial charge in [0.1, 0.15) is 0 Å². The molecule has 0 fully saturated rings. The van der Waals surface area contributed by atoms with Crippen molar-refractivity contribution in [3.8, 4) is 33.4 Å². The minimum atomic E-state index is -0.0745. The molecule has 30 rings (SSSR count). The van der Waals surface area contributed by atoms with Crippen molar-refractivity contribution in [2.24, 2.45) is 0 Å². The Bertz CT molecular complexity index is 10100. The van der Waals surface area contributed by atoms with Crippen LogP contribution in [0.2, 0.25) is 0 Å². The van der Waals surface area contributed by atoms with Crippen LogP contribution >= 0.6 is 34.0 Å². The molecule has 2 aliphatic carbocycles. The molecular weight excluding hydrogens is 1770 g/mol. The van der Waals surface area contributed by atoms with Gasteiger partial charge in [-0.3, -0.25) is 0 Å². The minimum Gasteiger partial charge on any atom is -0.310 e. The third-order valence-electron chi connectivity index (χ3n) is 30.6. The van der Waals surface area contributed by atoms with Crippen molar-refractivity contribution in [1.29, 1.82) is 0 Å². The van der Waals surface area contributed by atoms with Gasteiger partial charge < -0.3 is 14.7 Å². The lowest BCUT2D eigenvalue weighted by Crippen LogP contribution is -2.15. The highest BCUT2D eigenvalue weighted by molar-refractivity contribution is 7.27. The Morgan fingerprint density at radius 3 is 1.13 bits per heavy atom. The van der Waals surface area contributed by atoms with Crippen LogP contribution in [0, 0.1) is 0 Å². The Hall–Kier alpha value is -16.8. The highest BCUT2D eigenvalue weighted by Gasteiger charge is 2.40. The third-order valence-corrected chi connectivity index (χ3v) is 34.1. The molecule has 0 saturated heterocycles. The van der Waals surface area contributed by atoms with E-state index in [1.807, 2.05) is 34.0 Å². The van der Waals surface area contributed by atoms with E-state index < -0.39 is 0 Å². The SMILES string of the molecule is CC1(C)c2ccccc2-c2c1c1ccccc1c1c2ccc2cc(N(c3ccc(-c4ccccc4)cc3)c3ccc4ccccc4c3)ccc21.CC1(C)c2ccccc2-c2ccc3c(ccc4ccc5cc(N(c6ccccc6)c6cccc7sc8ccccc8c67)ccc5c43)c21.c1ccc(N(c2ccc3c(ccc4ccc5c(ccc6c7ccccc7sc65)c43)c2)c2cccc3sc4ccccc4c23)cc1. The summed E-state index contributed by atoms with van der Waals surface area (Å²) in [5, 5.41) is 33.8. The lowest BCUT2D eigenvalue weighted by atomic mass is 9.79. The Labute approximate surface area is 834 Å². The summed E-state index contributed by atoms with van der Waals surface area (Å²) < 4.78 is 7.96. The van der Waals surface area contributed by atoms with Crippen LogP contribution in [0.4, 0.5) is 51.2 Å². The average Bonchev–Trinajstić information content (AvgIpc) is 1.50. The van der Waals surface area contributed by atoms with E-state index in [1.165, 1.54) is 235 Å². The van der Waals surface area contributed by atoms with E-state index in [0.717, 1.165) is 39.8 Å². The first-order chi connectivity index (χ1) is 69.9. The third kappa shape index (κ3) is 13.2. The van der Waals surface area contributed by atoms with Crippen LogP contribution < -0.4 is 14.7 Å². The molecule has 0 spiro atoms. The minimum absolute atomic E-state index is 0.0557. The molecule has 0 saturated carbocycles. The van der Waals surface area contributed by atoms with Crippen LogP contribution in [0.1, 0.15) is 49.9 Å². The molecule has 0 unspecified atom stereocenters. The van der Waals surface area contributed by atoms with Gasteiger partial charge in [-0.05, 0) is 285 Å². The maximum Gasteiger partial charge on any atom is 0.0554 e. The zero-order chi connectivity index (χ0) is 94.2. The van der Waals surface area contributed by atoms with E-state index in [-0.39, 0.29) is 10.8 Å². The second-order valence-corrected chi connectivity index (χ2v) is 42.4. The first kappa shape index (κ1) is 83.3. The monoisotopic (exact) mass is 1860 g/mol. The molecule has 0 amide bonds. The summed E-state index contributed by atoms with van der Waals surface area (Å²) in [6.45, 7) is 9.53. The molecule has 0 bridgehead atoms. The summed E-state index contributed by atoms with van der Waals surface area (Å²) >= 11 is 5.63. The van der Waals surface area contributed by atoms with Crippen molar-refractivity contribution < 1.29 is 0 Å². The van der Waals surface area contributed by atoms with Crippen molar-refractivity contribution >= 4 is 253 Å². The maximum absolute atomic E-state index is 2.43. The van der Waals surface area contributed by atoms with E-state index in [4.69, 9.17) is 0 Å². The highest BCUT2D eigenvalue weighted by atomic mass is 32.1. The van der Waals surface area contributed by atoms with E-state index in [1.54, 1.807) is 0 Å². The molecule has 25 aromatic carbocycles. The van der Waals surface area contributed by atoms with Crippen LogP contribution in [0.5, 0.6) is 0 Å². The fraction of sp³-hybridized carbons (Fsp3) is 0.0441. The van der Waals surface area contributed by atoms with Crippen molar-refractivity contribution in [2.75, 3.05) is 14.7 Å². The van der Waals surface area contributed by atoms with E-state index in [9.17, 15) is 0 Å². The number of rotatable bonds is 10. The van der Waals surface area contributed by atoms with Crippen molar-refractivity contribution in [3.63, 3.8) is 0 Å². The number of thiophene rings is 3. The first-order valence-corrected chi connectivity index (χ1v) is 51.6. The summed E-state index contributed by atoms with van der Waals surface area (Å²) in [5.41, 5.74) is 23.9. The van der Waals surface area contributed by atoms with Gasteiger partial charge in [-0.15, -0.1) is 34.0 Å². The molecule has 28 aromatic rings. The first-order valence-electron chi connectivity index (χ1n) is 49.1. The summed E-state index contributed by atoms with van der Waals surface area (Å²) in [7, 11) is 0. The molecule has 3 heterocycles. The van der Waals surface area contributed by atoms with E-state index in [2.05, 4.69) is 522 Å².